The van der Waals surface area contributed by atoms with E-state index in [0.717, 1.165) is 54.6 Å². The van der Waals surface area contributed by atoms with Gasteiger partial charge in [-0.05, 0) is 77.6 Å². The summed E-state index contributed by atoms with van der Waals surface area (Å²) in [6.07, 6.45) is 7.88. The Bertz CT molecular complexity index is 996. The van der Waals surface area contributed by atoms with Crippen molar-refractivity contribution < 1.29 is 4.70 Å². The lowest BCUT2D eigenvalue weighted by molar-refractivity contribution is -0.345. The molecule has 0 fully saturated rings. The normalized spacial score (nSPS) is 14.2. The van der Waals surface area contributed by atoms with E-state index >= 15 is 0 Å². The molecule has 0 unspecified atom stereocenters. The number of nitrogens with zero attached hydrogens (tertiary/aromatic N) is 2. The van der Waals surface area contributed by atoms with Gasteiger partial charge in [-0.25, -0.2) is 4.70 Å². The second kappa shape index (κ2) is 10.2. The summed E-state index contributed by atoms with van der Waals surface area (Å²) in [7, 11) is 0. The van der Waals surface area contributed by atoms with Gasteiger partial charge in [0, 0.05) is 22.3 Å². The molecule has 2 aromatic carbocycles. The topological polar surface area (TPSA) is 25.3 Å². The van der Waals surface area contributed by atoms with E-state index in [4.69, 9.17) is 0 Å². The second-order valence-electron chi connectivity index (χ2n) is 9.28. The van der Waals surface area contributed by atoms with Gasteiger partial charge in [0.2, 0.25) is 11.4 Å². The highest BCUT2D eigenvalue weighted by Gasteiger charge is 2.35. The Morgan fingerprint density at radius 2 is 0.968 bits per heavy atom. The average Bonchev–Trinajstić information content (AvgIpc) is 2.96. The average molecular weight is 415 g/mol. The minimum atomic E-state index is 0.987. The summed E-state index contributed by atoms with van der Waals surface area (Å²) < 4.78 is 1.51. The Morgan fingerprint density at radius 1 is 0.581 bits per heavy atom. The van der Waals surface area contributed by atoms with Crippen LogP contribution >= 0.6 is 0 Å². The maximum Gasteiger partial charge on any atom is 0.211 e. The van der Waals surface area contributed by atoms with Crippen LogP contribution in [0, 0.1) is 27.7 Å². The van der Waals surface area contributed by atoms with E-state index < -0.39 is 0 Å². The smallest absolute Gasteiger partial charge is 0.211 e. The van der Waals surface area contributed by atoms with Gasteiger partial charge >= 0.3 is 0 Å². The van der Waals surface area contributed by atoms with Gasteiger partial charge < -0.3 is 5.53 Å². The molecule has 1 aliphatic heterocycles. The highest BCUT2D eigenvalue weighted by atomic mass is 15.2. The lowest BCUT2D eigenvalue weighted by atomic mass is 9.91. The van der Waals surface area contributed by atoms with E-state index in [1.54, 1.807) is 0 Å². The van der Waals surface area contributed by atoms with Crippen LogP contribution in [0.3, 0.4) is 0 Å². The van der Waals surface area contributed by atoms with E-state index in [1.807, 2.05) is 0 Å². The second-order valence-corrected chi connectivity index (χ2v) is 9.28. The quantitative estimate of drug-likeness (QED) is 0.289. The van der Waals surface area contributed by atoms with Crippen molar-refractivity contribution in [2.24, 2.45) is 0 Å². The summed E-state index contributed by atoms with van der Waals surface area (Å²) >= 11 is 0. The lowest BCUT2D eigenvalue weighted by Gasteiger charge is -2.12. The first-order chi connectivity index (χ1) is 14.8. The predicted molar refractivity (Wildman–Crippen MR) is 133 cm³/mol. The first-order valence-corrected chi connectivity index (χ1v) is 12.0. The van der Waals surface area contributed by atoms with Crippen molar-refractivity contribution in [2.75, 3.05) is 0 Å². The number of hydrogen-bond acceptors (Lipinski definition) is 0. The minimum absolute atomic E-state index is 0.987. The third-order valence-corrected chi connectivity index (χ3v) is 6.16. The summed E-state index contributed by atoms with van der Waals surface area (Å²) in [4.78, 5) is 0. The molecule has 1 heterocycles. The van der Waals surface area contributed by atoms with E-state index in [-0.39, 0.29) is 0 Å². The van der Waals surface area contributed by atoms with Crippen molar-refractivity contribution in [3.8, 4) is 0 Å². The van der Waals surface area contributed by atoms with Crippen molar-refractivity contribution in [1.82, 2.24) is 0 Å². The molecule has 0 atom stereocenters. The summed E-state index contributed by atoms with van der Waals surface area (Å²) in [6, 6.07) is 13.3. The molecule has 0 amide bonds. The van der Waals surface area contributed by atoms with E-state index in [0.29, 0.717) is 0 Å². The molecule has 1 aliphatic rings. The Hall–Kier alpha value is -2.48. The highest BCUT2D eigenvalue weighted by molar-refractivity contribution is 5.82. The van der Waals surface area contributed by atoms with Gasteiger partial charge in [-0.3, -0.25) is 0 Å². The molecule has 2 heteroatoms. The zero-order valence-corrected chi connectivity index (χ0v) is 20.3. The number of rotatable bonds is 9. The molecule has 0 aromatic heterocycles. The molecule has 2 nitrogen and oxygen atoms in total. The van der Waals surface area contributed by atoms with Crippen LogP contribution in [0.15, 0.2) is 47.5 Å². The Morgan fingerprint density at radius 3 is 1.35 bits per heavy atom. The van der Waals surface area contributed by atoms with Gasteiger partial charge in [0.15, 0.2) is 0 Å². The largest absolute Gasteiger partial charge is 0.493 e. The molecule has 0 saturated heterocycles. The third kappa shape index (κ3) is 5.23. The number of aryl methyl sites for hydroxylation is 4. The Kier molecular flexibility index (Phi) is 7.64. The third-order valence-electron chi connectivity index (χ3n) is 6.16. The van der Waals surface area contributed by atoms with Crippen molar-refractivity contribution >= 4 is 11.4 Å². The zero-order chi connectivity index (χ0) is 22.5. The summed E-state index contributed by atoms with van der Waals surface area (Å²) in [5.74, 6) is 0. The maximum atomic E-state index is 11.6. The van der Waals surface area contributed by atoms with Crippen LogP contribution < -0.4 is 0 Å². The molecule has 0 bridgehead atoms. The first-order valence-electron chi connectivity index (χ1n) is 12.0. The van der Waals surface area contributed by atoms with Gasteiger partial charge in [0.1, 0.15) is 0 Å². The van der Waals surface area contributed by atoms with Crippen molar-refractivity contribution in [1.29, 1.82) is 0 Å². The molecular weight excluding hydrogens is 376 g/mol. The number of unbranched alkanes of at least 4 members (excludes halogenated alkanes) is 3. The Balaban J connectivity index is 2.21. The van der Waals surface area contributed by atoms with E-state index in [9.17, 15) is 5.53 Å². The number of hydrogen-bond donors (Lipinski definition) is 0. The lowest BCUT2D eigenvalue weighted by Crippen LogP contribution is -2.03. The molecule has 3 rings (SSSR count). The molecule has 0 saturated carbocycles. The molecule has 0 aliphatic carbocycles. The Labute approximate surface area is 189 Å². The van der Waals surface area contributed by atoms with Gasteiger partial charge in [-0.1, -0.05) is 67.5 Å². The van der Waals surface area contributed by atoms with Gasteiger partial charge in [-0.2, -0.15) is 0 Å². The van der Waals surface area contributed by atoms with Crippen LogP contribution in [0.2, 0.25) is 0 Å². The van der Waals surface area contributed by atoms with Crippen LogP contribution in [0.4, 0.5) is 0 Å². The van der Waals surface area contributed by atoms with Crippen LogP contribution in [-0.4, -0.2) is 4.70 Å². The molecule has 0 N–H and O–H groups in total. The van der Waals surface area contributed by atoms with Crippen LogP contribution in [0.5, 0.6) is 0 Å². The molecule has 0 radical (unpaired) electrons. The molecule has 31 heavy (non-hydrogen) atoms. The van der Waals surface area contributed by atoms with Gasteiger partial charge in [0.25, 0.3) is 0 Å². The SMILES string of the molecule is CCCCCC1=C(c2cc(C)cc(C)c2)[N+](=[N-])C(c2cc(C)cc(C)c2)=C1CCCC. The zero-order valence-electron chi connectivity index (χ0n) is 20.3. The molecule has 2 aromatic rings. The molecule has 0 spiro atoms. The van der Waals surface area contributed by atoms with Crippen LogP contribution in [-0.2, 0) is 0 Å². The fourth-order valence-electron chi connectivity index (χ4n) is 4.91. The van der Waals surface area contributed by atoms with Crippen molar-refractivity contribution in [3.63, 3.8) is 0 Å². The minimum Gasteiger partial charge on any atom is -0.493 e. The standard InChI is InChI=1S/C29H38N2/c1-7-9-11-13-27-26(12-10-8-2)28(24-16-20(3)14-21(4)17-24)31(30)29(27)25-18-22(5)15-23(6)19-25/h14-19H,7-13H2,1-6H3. The van der Waals surface area contributed by atoms with Crippen molar-refractivity contribution in [3.05, 3.63) is 86.5 Å². The van der Waals surface area contributed by atoms with Crippen LogP contribution in [0.25, 0.3) is 16.9 Å². The summed E-state index contributed by atoms with van der Waals surface area (Å²) in [5.41, 5.74) is 23.5. The van der Waals surface area contributed by atoms with Gasteiger partial charge in [-0.15, -0.1) is 0 Å². The van der Waals surface area contributed by atoms with Gasteiger partial charge in [0.05, 0.1) is 0 Å². The maximum absolute atomic E-state index is 11.6. The highest BCUT2D eigenvalue weighted by Crippen LogP contribution is 2.45. The predicted octanol–water partition coefficient (Wildman–Crippen LogP) is 8.86. The number of allylic oxidation sites excluding steroid dienone is 2. The van der Waals surface area contributed by atoms with Crippen molar-refractivity contribution in [2.45, 2.75) is 86.5 Å². The molecular formula is C29H38N2. The molecule has 164 valence electrons. The first kappa shape index (κ1) is 23.2. The number of benzene rings is 2. The monoisotopic (exact) mass is 414 g/mol. The summed E-state index contributed by atoms with van der Waals surface area (Å²) in [5, 5.41) is 0. The fourth-order valence-corrected chi connectivity index (χ4v) is 4.91. The van der Waals surface area contributed by atoms with E-state index in [2.05, 4.69) is 77.9 Å². The fraction of sp³-hybridized carbons (Fsp3) is 0.448. The van der Waals surface area contributed by atoms with E-state index in [1.165, 1.54) is 50.9 Å². The van der Waals surface area contributed by atoms with Crippen LogP contribution in [0.1, 0.15) is 92.2 Å². The summed E-state index contributed by atoms with van der Waals surface area (Å²) in [6.45, 7) is 13.1.